The van der Waals surface area contributed by atoms with E-state index in [4.69, 9.17) is 4.74 Å². The van der Waals surface area contributed by atoms with Crippen molar-refractivity contribution in [1.29, 1.82) is 0 Å². The number of hydrogen-bond donors (Lipinski definition) is 1. The van der Waals surface area contributed by atoms with Gasteiger partial charge in [-0.3, -0.25) is 4.79 Å². The van der Waals surface area contributed by atoms with E-state index in [1.54, 1.807) is 0 Å². The van der Waals surface area contributed by atoms with E-state index in [-0.39, 0.29) is 11.9 Å². The van der Waals surface area contributed by atoms with Gasteiger partial charge in [-0.1, -0.05) is 25.7 Å². The molecule has 4 nitrogen and oxygen atoms in total. The molecule has 19 heavy (non-hydrogen) atoms. The highest BCUT2D eigenvalue weighted by molar-refractivity contribution is 5.96. The summed E-state index contributed by atoms with van der Waals surface area (Å²) in [6.45, 7) is 5.41. The van der Waals surface area contributed by atoms with Crippen LogP contribution in [0.5, 0.6) is 0 Å². The van der Waals surface area contributed by atoms with Crippen molar-refractivity contribution < 1.29 is 14.3 Å². The maximum atomic E-state index is 12.2. The fraction of sp³-hybridized carbons (Fsp3) is 0.600. The maximum Gasteiger partial charge on any atom is 0.332 e. The lowest BCUT2D eigenvalue weighted by atomic mass is 9.80. The molecule has 1 aliphatic carbocycles. The van der Waals surface area contributed by atoms with Gasteiger partial charge in [-0.15, -0.1) is 0 Å². The predicted molar refractivity (Wildman–Crippen MR) is 72.3 cm³/mol. The number of hydrogen-bond acceptors (Lipinski definition) is 3. The molecule has 0 aromatic heterocycles. The average Bonchev–Trinajstić information content (AvgIpc) is 2.43. The molecule has 1 unspecified atom stereocenters. The summed E-state index contributed by atoms with van der Waals surface area (Å²) in [7, 11) is 0. The van der Waals surface area contributed by atoms with Gasteiger partial charge in [0.25, 0.3) is 5.91 Å². The summed E-state index contributed by atoms with van der Waals surface area (Å²) in [5.41, 5.74) is -0.872. The molecule has 1 aliphatic heterocycles. The Bertz CT molecular complexity index is 416. The molecular formula is C15H21NO3. The number of nitrogens with one attached hydrogen (secondary N) is 1. The zero-order valence-corrected chi connectivity index (χ0v) is 11.4. The van der Waals surface area contributed by atoms with Gasteiger partial charge in [-0.05, 0) is 44.1 Å². The first-order chi connectivity index (χ1) is 9.11. The van der Waals surface area contributed by atoms with Crippen LogP contribution in [0.4, 0.5) is 0 Å². The lowest BCUT2D eigenvalue weighted by molar-refractivity contribution is -0.170. The Morgan fingerprint density at radius 2 is 2.37 bits per heavy atom. The summed E-state index contributed by atoms with van der Waals surface area (Å²) in [5, 5.41) is 2.86. The monoisotopic (exact) mass is 263 g/mol. The van der Waals surface area contributed by atoms with E-state index in [1.807, 2.05) is 6.92 Å². The minimum absolute atomic E-state index is 0.267. The van der Waals surface area contributed by atoms with Gasteiger partial charge in [0.05, 0.1) is 0 Å². The van der Waals surface area contributed by atoms with Crippen LogP contribution in [0, 0.1) is 5.92 Å². The molecule has 1 amide bonds. The van der Waals surface area contributed by atoms with Gasteiger partial charge in [-0.25, -0.2) is 4.79 Å². The number of ether oxygens (including phenoxy) is 1. The maximum absolute atomic E-state index is 12.2. The third-order valence-electron chi connectivity index (χ3n) is 4.03. The summed E-state index contributed by atoms with van der Waals surface area (Å²) in [5.74, 6) is -0.267. The van der Waals surface area contributed by atoms with Gasteiger partial charge in [0.15, 0.2) is 6.10 Å². The van der Waals surface area contributed by atoms with Crippen molar-refractivity contribution in [3.8, 4) is 0 Å². The second kappa shape index (κ2) is 5.59. The molecule has 2 rings (SSSR count). The van der Waals surface area contributed by atoms with Crippen molar-refractivity contribution in [2.45, 2.75) is 50.7 Å². The molecule has 0 bridgehead atoms. The molecular weight excluding hydrogens is 242 g/mol. The molecule has 3 atom stereocenters. The number of morpholine rings is 1. The van der Waals surface area contributed by atoms with Crippen LogP contribution in [0.2, 0.25) is 0 Å². The van der Waals surface area contributed by atoms with Crippen LogP contribution >= 0.6 is 0 Å². The largest absolute Gasteiger partial charge is 0.446 e. The lowest BCUT2D eigenvalue weighted by Gasteiger charge is -2.39. The molecule has 0 aromatic rings. The first kappa shape index (κ1) is 13.8. The third kappa shape index (κ3) is 2.72. The average molecular weight is 263 g/mol. The second-order valence-electron chi connectivity index (χ2n) is 5.31. The second-order valence-corrected chi connectivity index (χ2v) is 5.31. The standard InChI is InChI=1S/C15H21NO3/c1-3-12-13(17)16-15(4-2,14(18)19-12)10-11-8-6-5-7-9-11/h3,6,8,11-12H,1,4-5,7,9-10H2,2H3,(H,16,17)/t11?,12-,15-/m0/s1. The fourth-order valence-electron chi connectivity index (χ4n) is 2.81. The van der Waals surface area contributed by atoms with Gasteiger partial charge >= 0.3 is 5.97 Å². The highest BCUT2D eigenvalue weighted by Crippen LogP contribution is 2.31. The number of amides is 1. The van der Waals surface area contributed by atoms with Crippen molar-refractivity contribution in [3.05, 3.63) is 24.8 Å². The first-order valence-electron chi connectivity index (χ1n) is 6.93. The topological polar surface area (TPSA) is 55.4 Å². The highest BCUT2D eigenvalue weighted by Gasteiger charge is 2.47. The zero-order chi connectivity index (χ0) is 13.9. The molecule has 104 valence electrons. The Balaban J connectivity index is 2.15. The molecule has 0 radical (unpaired) electrons. The van der Waals surface area contributed by atoms with E-state index in [2.05, 4.69) is 24.0 Å². The van der Waals surface area contributed by atoms with Crippen LogP contribution in [-0.4, -0.2) is 23.5 Å². The van der Waals surface area contributed by atoms with E-state index < -0.39 is 11.6 Å². The molecule has 0 aromatic carbocycles. The Kier molecular flexibility index (Phi) is 4.08. The van der Waals surface area contributed by atoms with Crippen LogP contribution in [0.15, 0.2) is 24.8 Å². The van der Waals surface area contributed by atoms with Gasteiger partial charge in [0, 0.05) is 0 Å². The van der Waals surface area contributed by atoms with Gasteiger partial charge in [-0.2, -0.15) is 0 Å². The zero-order valence-electron chi connectivity index (χ0n) is 11.4. The van der Waals surface area contributed by atoms with Crippen LogP contribution in [-0.2, 0) is 14.3 Å². The molecule has 1 heterocycles. The molecule has 1 saturated heterocycles. The predicted octanol–water partition coefficient (Wildman–Crippen LogP) is 2.11. The van der Waals surface area contributed by atoms with Gasteiger partial charge < -0.3 is 10.1 Å². The van der Waals surface area contributed by atoms with Crippen molar-refractivity contribution in [1.82, 2.24) is 5.32 Å². The molecule has 1 N–H and O–H groups in total. The van der Waals surface area contributed by atoms with E-state index in [1.165, 1.54) is 6.08 Å². The van der Waals surface area contributed by atoms with Crippen molar-refractivity contribution in [2.24, 2.45) is 5.92 Å². The number of carbonyl (C=O) groups excluding carboxylic acids is 2. The van der Waals surface area contributed by atoms with Gasteiger partial charge in [0.1, 0.15) is 5.54 Å². The normalized spacial score (nSPS) is 34.6. The molecule has 4 heteroatoms. The number of carbonyl (C=O) groups is 2. The fourth-order valence-corrected chi connectivity index (χ4v) is 2.81. The quantitative estimate of drug-likeness (QED) is 0.624. The summed E-state index contributed by atoms with van der Waals surface area (Å²) < 4.78 is 5.20. The summed E-state index contributed by atoms with van der Waals surface area (Å²) in [6, 6.07) is 0. The van der Waals surface area contributed by atoms with E-state index in [9.17, 15) is 9.59 Å². The van der Waals surface area contributed by atoms with Crippen LogP contribution in [0.25, 0.3) is 0 Å². The number of allylic oxidation sites excluding steroid dienone is 2. The summed E-state index contributed by atoms with van der Waals surface area (Å²) in [4.78, 5) is 24.1. The van der Waals surface area contributed by atoms with E-state index in [0.717, 1.165) is 19.3 Å². The van der Waals surface area contributed by atoms with Crippen LogP contribution in [0.3, 0.4) is 0 Å². The summed E-state index contributed by atoms with van der Waals surface area (Å²) >= 11 is 0. The molecule has 2 aliphatic rings. The Morgan fingerprint density at radius 3 is 2.95 bits per heavy atom. The number of rotatable bonds is 4. The minimum atomic E-state index is -0.872. The van der Waals surface area contributed by atoms with E-state index in [0.29, 0.717) is 18.8 Å². The third-order valence-corrected chi connectivity index (χ3v) is 4.03. The Hall–Kier alpha value is -1.58. The van der Waals surface area contributed by atoms with Gasteiger partial charge in [0.2, 0.25) is 0 Å². The molecule has 0 saturated carbocycles. The smallest absolute Gasteiger partial charge is 0.332 e. The SMILES string of the molecule is C=C[C@@H]1OC(=O)[C@](CC)(CC2C=CCCC2)NC1=O. The Labute approximate surface area is 113 Å². The van der Waals surface area contributed by atoms with Crippen LogP contribution < -0.4 is 5.32 Å². The first-order valence-corrected chi connectivity index (χ1v) is 6.93. The van der Waals surface area contributed by atoms with Crippen LogP contribution in [0.1, 0.15) is 39.0 Å². The molecule has 0 spiro atoms. The lowest BCUT2D eigenvalue weighted by Crippen LogP contribution is -2.63. The van der Waals surface area contributed by atoms with E-state index >= 15 is 0 Å². The minimum Gasteiger partial charge on any atom is -0.446 e. The summed E-state index contributed by atoms with van der Waals surface area (Å²) in [6.07, 6.45) is 9.28. The van der Waals surface area contributed by atoms with Crippen molar-refractivity contribution in [3.63, 3.8) is 0 Å². The number of cyclic esters (lactones) is 1. The Morgan fingerprint density at radius 1 is 1.58 bits per heavy atom. The highest BCUT2D eigenvalue weighted by atomic mass is 16.6. The van der Waals surface area contributed by atoms with Crippen molar-refractivity contribution in [2.75, 3.05) is 0 Å². The number of esters is 1. The van der Waals surface area contributed by atoms with Crippen molar-refractivity contribution >= 4 is 11.9 Å². The molecule has 1 fully saturated rings.